The third-order valence-corrected chi connectivity index (χ3v) is 4.39. The molecule has 1 aliphatic carbocycles. The van der Waals surface area contributed by atoms with Gasteiger partial charge < -0.3 is 10.6 Å². The van der Waals surface area contributed by atoms with E-state index in [0.717, 1.165) is 17.6 Å². The molecule has 1 heterocycles. The van der Waals surface area contributed by atoms with Crippen molar-refractivity contribution in [1.82, 2.24) is 4.98 Å². The highest BCUT2D eigenvalue weighted by molar-refractivity contribution is 7.99. The van der Waals surface area contributed by atoms with Gasteiger partial charge in [-0.3, -0.25) is 0 Å². The Bertz CT molecular complexity index is 356. The van der Waals surface area contributed by atoms with Gasteiger partial charge in [-0.15, -0.1) is 0 Å². The minimum absolute atomic E-state index is 0.613. The zero-order chi connectivity index (χ0) is 12.1. The van der Waals surface area contributed by atoms with Crippen LogP contribution < -0.4 is 10.6 Å². The van der Waals surface area contributed by atoms with E-state index in [4.69, 9.17) is 0 Å². The first kappa shape index (κ1) is 12.6. The van der Waals surface area contributed by atoms with Gasteiger partial charge in [0.25, 0.3) is 0 Å². The average Bonchev–Trinajstić information content (AvgIpc) is 2.77. The minimum atomic E-state index is 0.613. The fourth-order valence-corrected chi connectivity index (χ4v) is 3.32. The molecule has 17 heavy (non-hydrogen) atoms. The van der Waals surface area contributed by atoms with Crippen LogP contribution in [0.5, 0.6) is 0 Å². The Kier molecular flexibility index (Phi) is 4.54. The van der Waals surface area contributed by atoms with Crippen LogP contribution in [0.15, 0.2) is 18.3 Å². The van der Waals surface area contributed by atoms with Crippen molar-refractivity contribution in [3.63, 3.8) is 0 Å². The fourth-order valence-electron chi connectivity index (χ4n) is 2.39. The Morgan fingerprint density at radius 1 is 1.47 bits per heavy atom. The maximum Gasteiger partial charge on any atom is 0.127 e. The number of pyridine rings is 1. The largest absolute Gasteiger partial charge is 0.381 e. The molecule has 1 aromatic rings. The number of aromatic nitrogens is 1. The van der Waals surface area contributed by atoms with E-state index in [9.17, 15) is 0 Å². The van der Waals surface area contributed by atoms with E-state index in [-0.39, 0.29) is 0 Å². The standard InChI is InChI=1S/C13H21N3S/c1-3-14-13-9-10(7-8-15-13)16-11-5-4-6-12(11)17-2/h7-9,11-12H,3-6H2,1-2H3,(H2,14,15,16). The molecule has 2 rings (SSSR count). The van der Waals surface area contributed by atoms with Crippen LogP contribution >= 0.6 is 11.8 Å². The molecule has 1 aliphatic rings. The summed E-state index contributed by atoms with van der Waals surface area (Å²) in [5, 5.41) is 7.64. The summed E-state index contributed by atoms with van der Waals surface area (Å²) >= 11 is 1.98. The molecule has 0 aliphatic heterocycles. The SMILES string of the molecule is CCNc1cc(NC2CCCC2SC)ccn1. The summed E-state index contributed by atoms with van der Waals surface area (Å²) in [6.45, 7) is 3.00. The van der Waals surface area contributed by atoms with E-state index in [2.05, 4.69) is 40.9 Å². The van der Waals surface area contributed by atoms with E-state index >= 15 is 0 Å². The predicted molar refractivity (Wildman–Crippen MR) is 77.0 cm³/mol. The van der Waals surface area contributed by atoms with Gasteiger partial charge in [-0.05, 0) is 32.1 Å². The number of hydrogen-bond donors (Lipinski definition) is 2. The van der Waals surface area contributed by atoms with Crippen LogP contribution in [0.25, 0.3) is 0 Å². The molecule has 0 amide bonds. The number of hydrogen-bond acceptors (Lipinski definition) is 4. The van der Waals surface area contributed by atoms with Gasteiger partial charge in [0.15, 0.2) is 0 Å². The number of nitrogens with zero attached hydrogens (tertiary/aromatic N) is 1. The Labute approximate surface area is 108 Å². The summed E-state index contributed by atoms with van der Waals surface area (Å²) in [6, 6.07) is 4.76. The second kappa shape index (κ2) is 6.15. The summed E-state index contributed by atoms with van der Waals surface area (Å²) in [6.07, 6.45) is 8.04. The number of anilines is 2. The highest BCUT2D eigenvalue weighted by Gasteiger charge is 2.26. The van der Waals surface area contributed by atoms with E-state index in [1.165, 1.54) is 24.9 Å². The lowest BCUT2D eigenvalue weighted by molar-refractivity contribution is 0.768. The number of nitrogens with one attached hydrogen (secondary N) is 2. The molecular weight excluding hydrogens is 230 g/mol. The van der Waals surface area contributed by atoms with Crippen molar-refractivity contribution in [2.75, 3.05) is 23.4 Å². The number of rotatable bonds is 5. The smallest absolute Gasteiger partial charge is 0.127 e. The van der Waals surface area contributed by atoms with Crippen molar-refractivity contribution < 1.29 is 0 Å². The third kappa shape index (κ3) is 3.28. The monoisotopic (exact) mass is 251 g/mol. The van der Waals surface area contributed by atoms with Gasteiger partial charge in [0.05, 0.1) is 0 Å². The molecule has 1 fully saturated rings. The molecule has 4 heteroatoms. The van der Waals surface area contributed by atoms with Crippen LogP contribution in [-0.2, 0) is 0 Å². The molecule has 0 spiro atoms. The van der Waals surface area contributed by atoms with E-state index in [0.29, 0.717) is 6.04 Å². The lowest BCUT2D eigenvalue weighted by Crippen LogP contribution is -2.25. The van der Waals surface area contributed by atoms with Crippen LogP contribution in [0, 0.1) is 0 Å². The molecule has 0 bridgehead atoms. The van der Waals surface area contributed by atoms with E-state index in [1.807, 2.05) is 18.0 Å². The van der Waals surface area contributed by atoms with Crippen LogP contribution in [-0.4, -0.2) is 29.1 Å². The van der Waals surface area contributed by atoms with Gasteiger partial charge in [-0.1, -0.05) is 6.42 Å². The summed E-state index contributed by atoms with van der Waals surface area (Å²) in [4.78, 5) is 4.29. The molecule has 3 nitrogen and oxygen atoms in total. The Hall–Kier alpha value is -0.900. The van der Waals surface area contributed by atoms with Crippen LogP contribution in [0.2, 0.25) is 0 Å². The van der Waals surface area contributed by atoms with Gasteiger partial charge in [0, 0.05) is 35.8 Å². The van der Waals surface area contributed by atoms with Crippen LogP contribution in [0.4, 0.5) is 11.5 Å². The normalized spacial score (nSPS) is 23.6. The van der Waals surface area contributed by atoms with Crippen molar-refractivity contribution >= 4 is 23.3 Å². The lowest BCUT2D eigenvalue weighted by atomic mass is 10.2. The zero-order valence-corrected chi connectivity index (χ0v) is 11.4. The molecule has 2 N–H and O–H groups in total. The Balaban J connectivity index is 2.00. The maximum atomic E-state index is 4.29. The van der Waals surface area contributed by atoms with Crippen LogP contribution in [0.1, 0.15) is 26.2 Å². The topological polar surface area (TPSA) is 37.0 Å². The fraction of sp³-hybridized carbons (Fsp3) is 0.615. The first-order chi connectivity index (χ1) is 8.33. The summed E-state index contributed by atoms with van der Waals surface area (Å²) in [5.74, 6) is 0.955. The quantitative estimate of drug-likeness (QED) is 0.842. The molecule has 1 saturated carbocycles. The molecule has 2 atom stereocenters. The first-order valence-electron chi connectivity index (χ1n) is 6.32. The summed E-state index contributed by atoms with van der Waals surface area (Å²) in [7, 11) is 0. The molecule has 0 aromatic carbocycles. The lowest BCUT2D eigenvalue weighted by Gasteiger charge is -2.20. The molecule has 0 radical (unpaired) electrons. The average molecular weight is 251 g/mol. The van der Waals surface area contributed by atoms with Gasteiger partial charge >= 0.3 is 0 Å². The van der Waals surface area contributed by atoms with Crippen molar-refractivity contribution in [1.29, 1.82) is 0 Å². The summed E-state index contributed by atoms with van der Waals surface area (Å²) < 4.78 is 0. The van der Waals surface area contributed by atoms with Gasteiger partial charge in [-0.25, -0.2) is 4.98 Å². The van der Waals surface area contributed by atoms with Crippen LogP contribution in [0.3, 0.4) is 0 Å². The van der Waals surface area contributed by atoms with Crippen molar-refractivity contribution in [3.8, 4) is 0 Å². The van der Waals surface area contributed by atoms with Crippen molar-refractivity contribution in [2.24, 2.45) is 0 Å². The second-order valence-electron chi connectivity index (χ2n) is 4.42. The second-order valence-corrected chi connectivity index (χ2v) is 5.49. The number of thioether (sulfide) groups is 1. The third-order valence-electron chi connectivity index (χ3n) is 3.23. The highest BCUT2D eigenvalue weighted by Crippen LogP contribution is 2.30. The maximum absolute atomic E-state index is 4.29. The Morgan fingerprint density at radius 3 is 3.12 bits per heavy atom. The zero-order valence-electron chi connectivity index (χ0n) is 10.6. The predicted octanol–water partition coefficient (Wildman–Crippen LogP) is 3.21. The van der Waals surface area contributed by atoms with Gasteiger partial charge in [-0.2, -0.15) is 11.8 Å². The molecular formula is C13H21N3S. The Morgan fingerprint density at radius 2 is 2.35 bits per heavy atom. The molecule has 1 aromatic heterocycles. The van der Waals surface area contributed by atoms with Crippen molar-refractivity contribution in [3.05, 3.63) is 18.3 Å². The molecule has 94 valence electrons. The van der Waals surface area contributed by atoms with E-state index in [1.54, 1.807) is 0 Å². The van der Waals surface area contributed by atoms with Crippen molar-refractivity contribution in [2.45, 2.75) is 37.5 Å². The molecule has 0 saturated heterocycles. The summed E-state index contributed by atoms with van der Waals surface area (Å²) in [5.41, 5.74) is 1.18. The van der Waals surface area contributed by atoms with Gasteiger partial charge in [0.2, 0.25) is 0 Å². The first-order valence-corrected chi connectivity index (χ1v) is 7.61. The minimum Gasteiger partial charge on any atom is -0.381 e. The van der Waals surface area contributed by atoms with E-state index < -0.39 is 0 Å². The van der Waals surface area contributed by atoms with Gasteiger partial charge in [0.1, 0.15) is 5.82 Å². The molecule has 2 unspecified atom stereocenters. The highest BCUT2D eigenvalue weighted by atomic mass is 32.2.